The van der Waals surface area contributed by atoms with E-state index in [2.05, 4.69) is 0 Å². The van der Waals surface area contributed by atoms with Gasteiger partial charge in [0.1, 0.15) is 41.5 Å². The third-order valence-corrected chi connectivity index (χ3v) is 6.95. The molecule has 0 bridgehead atoms. The molecule has 0 radical (unpaired) electrons. The zero-order valence-electron chi connectivity index (χ0n) is 20.4. The van der Waals surface area contributed by atoms with Gasteiger partial charge in [0, 0.05) is 16.7 Å². The Balaban J connectivity index is 1.98. The molecule has 0 saturated heterocycles. The van der Waals surface area contributed by atoms with E-state index in [-0.39, 0.29) is 55.7 Å². The number of hydrogen-bond donors (Lipinski definition) is 0. The first-order valence-corrected chi connectivity index (χ1v) is 11.4. The van der Waals surface area contributed by atoms with Crippen LogP contribution in [0, 0.1) is 68.0 Å². The second kappa shape index (κ2) is 9.11. The van der Waals surface area contributed by atoms with Crippen molar-refractivity contribution in [3.05, 3.63) is 92.1 Å². The minimum absolute atomic E-state index is 0.00485. The van der Waals surface area contributed by atoms with Gasteiger partial charge < -0.3 is 0 Å². The minimum Gasteiger partial charge on any atom is -0.192 e. The highest BCUT2D eigenvalue weighted by molar-refractivity contribution is 6.12. The molecule has 5 rings (SSSR count). The van der Waals surface area contributed by atoms with Crippen molar-refractivity contribution in [1.82, 2.24) is 0 Å². The molecule has 12 heteroatoms. The molecule has 0 N–H and O–H groups in total. The highest BCUT2D eigenvalue weighted by Crippen LogP contribution is 2.55. The predicted octanol–water partition coefficient (Wildman–Crippen LogP) is 7.13. The third-order valence-electron chi connectivity index (χ3n) is 6.95. The normalized spacial score (nSPS) is 12.3. The Morgan fingerprint density at radius 3 is 1.50 bits per heavy atom. The Hall–Kier alpha value is -6.34. The summed E-state index contributed by atoms with van der Waals surface area (Å²) in [4.78, 5) is 0. The molecule has 0 unspecified atom stereocenters. The molecular formula is C30H6F6N6. The molecule has 0 heterocycles. The van der Waals surface area contributed by atoms with Crippen LogP contribution in [0.25, 0.3) is 33.4 Å². The highest BCUT2D eigenvalue weighted by atomic mass is 19.4. The quantitative estimate of drug-likeness (QED) is 0.145. The van der Waals surface area contributed by atoms with Crippen LogP contribution >= 0.6 is 0 Å². The van der Waals surface area contributed by atoms with Crippen molar-refractivity contribution in [2.45, 2.75) is 12.4 Å². The number of halogens is 6. The first-order valence-electron chi connectivity index (χ1n) is 11.4. The highest BCUT2D eigenvalue weighted by Gasteiger charge is 2.41. The van der Waals surface area contributed by atoms with Gasteiger partial charge in [-0.3, -0.25) is 0 Å². The maximum absolute atomic E-state index is 13.8. The molecule has 0 amide bonds. The molecule has 0 saturated carbocycles. The number of allylic oxidation sites excluding steroid dienone is 2. The van der Waals surface area contributed by atoms with E-state index in [1.54, 1.807) is 24.3 Å². The fraction of sp³-hybridized carbons (Fsp3) is 0.0667. The standard InChI is InChI=1S/C30H6F6N6/c31-29(32,33)24-2-1-16-18-4-19-17-3-13(7-37)25(30(34,35)36)6-22(17)26(14(8-38)9-39)20(19)5-21(18)27(15(10-40)11-41)28(16)23(24)12-42/h1-6H. The van der Waals surface area contributed by atoms with E-state index in [4.69, 9.17) is 0 Å². The summed E-state index contributed by atoms with van der Waals surface area (Å²) in [7, 11) is 0. The Morgan fingerprint density at radius 2 is 0.976 bits per heavy atom. The van der Waals surface area contributed by atoms with Gasteiger partial charge in [0.05, 0.1) is 28.3 Å². The number of benzene rings is 3. The Morgan fingerprint density at radius 1 is 0.500 bits per heavy atom. The lowest BCUT2D eigenvalue weighted by molar-refractivity contribution is -0.138. The van der Waals surface area contributed by atoms with E-state index in [0.29, 0.717) is 12.1 Å². The van der Waals surface area contributed by atoms with Crippen LogP contribution in [0.1, 0.15) is 44.5 Å². The molecule has 0 atom stereocenters. The van der Waals surface area contributed by atoms with Gasteiger partial charge in [0.2, 0.25) is 0 Å². The second-order valence-corrected chi connectivity index (χ2v) is 8.96. The van der Waals surface area contributed by atoms with E-state index in [9.17, 15) is 57.9 Å². The molecule has 6 nitrogen and oxygen atoms in total. The lowest BCUT2D eigenvalue weighted by atomic mass is 9.91. The number of nitrogens with zero attached hydrogens (tertiary/aromatic N) is 6. The summed E-state index contributed by atoms with van der Waals surface area (Å²) in [5.41, 5.74) is -6.11. The van der Waals surface area contributed by atoms with Crippen molar-refractivity contribution in [3.63, 3.8) is 0 Å². The zero-order chi connectivity index (χ0) is 30.7. The van der Waals surface area contributed by atoms with Crippen LogP contribution in [-0.2, 0) is 12.4 Å². The summed E-state index contributed by atoms with van der Waals surface area (Å²) in [6.45, 7) is 0. The second-order valence-electron chi connectivity index (χ2n) is 8.96. The summed E-state index contributed by atoms with van der Waals surface area (Å²) >= 11 is 0. The van der Waals surface area contributed by atoms with E-state index in [0.717, 1.165) is 12.1 Å². The van der Waals surface area contributed by atoms with Gasteiger partial charge in [-0.15, -0.1) is 0 Å². The SMILES string of the molecule is N#CC(C#N)=C1c2cc(C(F)(F)F)c(C#N)cc2-c2cc3c(cc21)C(=C(C#N)C#N)c1c-3ccc(C(F)(F)F)c1C#N. The van der Waals surface area contributed by atoms with Crippen molar-refractivity contribution in [2.24, 2.45) is 0 Å². The van der Waals surface area contributed by atoms with E-state index < -0.39 is 45.8 Å². The van der Waals surface area contributed by atoms with Crippen LogP contribution in [0.5, 0.6) is 0 Å². The zero-order valence-corrected chi connectivity index (χ0v) is 20.4. The van der Waals surface area contributed by atoms with Crippen molar-refractivity contribution in [3.8, 4) is 58.7 Å². The average molecular weight is 564 g/mol. The van der Waals surface area contributed by atoms with Gasteiger partial charge in [-0.05, 0) is 69.3 Å². The number of hydrogen-bond acceptors (Lipinski definition) is 6. The molecule has 2 aliphatic carbocycles. The maximum Gasteiger partial charge on any atom is 0.417 e. The van der Waals surface area contributed by atoms with Gasteiger partial charge in [0.15, 0.2) is 0 Å². The molecular weight excluding hydrogens is 558 g/mol. The maximum atomic E-state index is 13.8. The third kappa shape index (κ3) is 3.69. The van der Waals surface area contributed by atoms with Crippen molar-refractivity contribution < 1.29 is 26.3 Å². The molecule has 198 valence electrons. The number of rotatable bonds is 0. The summed E-state index contributed by atoms with van der Waals surface area (Å²) in [6, 6.07) is 15.4. The first-order chi connectivity index (χ1) is 19.9. The van der Waals surface area contributed by atoms with Gasteiger partial charge >= 0.3 is 12.4 Å². The summed E-state index contributed by atoms with van der Waals surface area (Å²) in [5, 5.41) is 57.9. The summed E-state index contributed by atoms with van der Waals surface area (Å²) in [6.07, 6.45) is -9.93. The van der Waals surface area contributed by atoms with Crippen LogP contribution in [0.15, 0.2) is 47.5 Å². The molecule has 0 spiro atoms. The lowest BCUT2D eigenvalue weighted by Gasteiger charge is -2.13. The van der Waals surface area contributed by atoms with Gasteiger partial charge in [-0.1, -0.05) is 6.07 Å². The van der Waals surface area contributed by atoms with Gasteiger partial charge in [-0.25, -0.2) is 0 Å². The molecule has 3 aromatic rings. The number of nitriles is 6. The van der Waals surface area contributed by atoms with Crippen molar-refractivity contribution >= 4 is 11.1 Å². The number of alkyl halides is 6. The summed E-state index contributed by atoms with van der Waals surface area (Å²) < 4.78 is 82.9. The van der Waals surface area contributed by atoms with Gasteiger partial charge in [0.25, 0.3) is 0 Å². The van der Waals surface area contributed by atoms with Crippen LogP contribution < -0.4 is 0 Å². The molecule has 2 aliphatic rings. The Labute approximate surface area is 232 Å². The van der Waals surface area contributed by atoms with E-state index in [1.165, 1.54) is 24.3 Å². The van der Waals surface area contributed by atoms with E-state index in [1.807, 2.05) is 0 Å². The minimum atomic E-state index is -4.96. The smallest absolute Gasteiger partial charge is 0.192 e. The molecule has 0 fully saturated rings. The average Bonchev–Trinajstić information content (AvgIpc) is 3.43. The first kappa shape index (κ1) is 27.2. The van der Waals surface area contributed by atoms with Gasteiger partial charge in [-0.2, -0.15) is 57.9 Å². The molecule has 0 aromatic heterocycles. The van der Waals surface area contributed by atoms with Crippen LogP contribution in [0.2, 0.25) is 0 Å². The van der Waals surface area contributed by atoms with E-state index >= 15 is 0 Å². The summed E-state index contributed by atoms with van der Waals surface area (Å²) in [5.74, 6) is 0. The van der Waals surface area contributed by atoms with Crippen LogP contribution in [0.3, 0.4) is 0 Å². The van der Waals surface area contributed by atoms with Crippen molar-refractivity contribution in [2.75, 3.05) is 0 Å². The predicted molar refractivity (Wildman–Crippen MR) is 131 cm³/mol. The van der Waals surface area contributed by atoms with Crippen LogP contribution in [0.4, 0.5) is 26.3 Å². The monoisotopic (exact) mass is 564 g/mol. The Bertz CT molecular complexity index is 2070. The molecule has 3 aromatic carbocycles. The fourth-order valence-corrected chi connectivity index (χ4v) is 5.34. The topological polar surface area (TPSA) is 143 Å². The molecule has 0 aliphatic heterocycles. The van der Waals surface area contributed by atoms with Crippen LogP contribution in [-0.4, -0.2) is 0 Å². The fourth-order valence-electron chi connectivity index (χ4n) is 5.34. The largest absolute Gasteiger partial charge is 0.417 e. The molecule has 42 heavy (non-hydrogen) atoms. The van der Waals surface area contributed by atoms with Crippen molar-refractivity contribution in [1.29, 1.82) is 31.6 Å². The Kier molecular flexibility index (Phi) is 5.91. The number of fused-ring (bicyclic) bond motifs is 6. The lowest BCUT2D eigenvalue weighted by Crippen LogP contribution is -2.09.